The van der Waals surface area contributed by atoms with Crippen molar-refractivity contribution in [3.05, 3.63) is 0 Å². The van der Waals surface area contributed by atoms with Gasteiger partial charge in [0.05, 0.1) is 0 Å². The van der Waals surface area contributed by atoms with Crippen molar-refractivity contribution >= 4 is 5.97 Å². The highest BCUT2D eigenvalue weighted by molar-refractivity contribution is 5.67. The number of hydrogen-bond donors (Lipinski definition) is 2. The molecule has 0 aliphatic carbocycles. The van der Waals surface area contributed by atoms with Crippen molar-refractivity contribution < 1.29 is 9.90 Å². The summed E-state index contributed by atoms with van der Waals surface area (Å²) in [6.07, 6.45) is 3.71. The van der Waals surface area contributed by atoms with E-state index >= 15 is 0 Å². The van der Waals surface area contributed by atoms with Crippen LogP contribution in [0.1, 0.15) is 32.6 Å². The van der Waals surface area contributed by atoms with Crippen molar-refractivity contribution in [2.45, 2.75) is 38.6 Å². The van der Waals surface area contributed by atoms with E-state index in [0.29, 0.717) is 18.4 Å². The molecule has 0 spiro atoms. The highest BCUT2D eigenvalue weighted by Gasteiger charge is 2.21. The van der Waals surface area contributed by atoms with Crippen LogP contribution >= 0.6 is 0 Å². The van der Waals surface area contributed by atoms with E-state index in [-0.39, 0.29) is 0 Å². The Kier molecular flexibility index (Phi) is 3.53. The fourth-order valence-electron chi connectivity index (χ4n) is 1.78. The number of carboxylic acids is 1. The third-order valence-electron chi connectivity index (χ3n) is 2.61. The maximum Gasteiger partial charge on any atom is 0.303 e. The molecule has 0 radical (unpaired) electrons. The molecule has 0 aromatic heterocycles. The molecule has 1 aliphatic rings. The number of nitrogens with one attached hydrogen (secondary N) is 1. The lowest BCUT2D eigenvalue weighted by molar-refractivity contribution is -0.138. The Morgan fingerprint density at radius 3 is 3.00 bits per heavy atom. The van der Waals surface area contributed by atoms with Crippen LogP contribution in [0.25, 0.3) is 0 Å². The van der Waals surface area contributed by atoms with Crippen molar-refractivity contribution in [3.8, 4) is 0 Å². The van der Waals surface area contributed by atoms with Gasteiger partial charge in [0.25, 0.3) is 0 Å². The average Bonchev–Trinajstić information content (AvgIpc) is 2.16. The third kappa shape index (κ3) is 2.81. The van der Waals surface area contributed by atoms with Crippen LogP contribution in [0.5, 0.6) is 0 Å². The largest absolute Gasteiger partial charge is 0.481 e. The standard InChI is InChI=1S/C9H17NO2/c1-7-8(6-9(11)12)4-2-3-5-10-7/h7-8,10H,2-6H2,1H3,(H,11,12)/t7-,8-/m1/s1. The predicted molar refractivity (Wildman–Crippen MR) is 47.1 cm³/mol. The first kappa shape index (κ1) is 9.52. The zero-order valence-electron chi connectivity index (χ0n) is 7.55. The molecule has 2 N–H and O–H groups in total. The van der Waals surface area contributed by atoms with E-state index in [0.717, 1.165) is 19.4 Å². The second kappa shape index (κ2) is 4.45. The molecule has 0 amide bonds. The molecule has 0 saturated carbocycles. The van der Waals surface area contributed by atoms with Crippen LogP contribution in [0.15, 0.2) is 0 Å². The van der Waals surface area contributed by atoms with Crippen molar-refractivity contribution in [1.82, 2.24) is 5.32 Å². The van der Waals surface area contributed by atoms with Crippen LogP contribution in [0, 0.1) is 5.92 Å². The zero-order valence-corrected chi connectivity index (χ0v) is 7.55. The maximum absolute atomic E-state index is 10.5. The first-order chi connectivity index (χ1) is 5.70. The number of carbonyl (C=O) groups is 1. The van der Waals surface area contributed by atoms with E-state index in [9.17, 15) is 4.79 Å². The van der Waals surface area contributed by atoms with Gasteiger partial charge in [-0.05, 0) is 32.2 Å². The van der Waals surface area contributed by atoms with Gasteiger partial charge in [0.2, 0.25) is 0 Å². The Labute approximate surface area is 73.2 Å². The van der Waals surface area contributed by atoms with E-state index in [1.54, 1.807) is 0 Å². The summed E-state index contributed by atoms with van der Waals surface area (Å²) < 4.78 is 0. The first-order valence-corrected chi connectivity index (χ1v) is 4.65. The number of rotatable bonds is 2. The van der Waals surface area contributed by atoms with Crippen LogP contribution < -0.4 is 5.32 Å². The molecule has 0 aromatic rings. The van der Waals surface area contributed by atoms with Crippen LogP contribution in [-0.2, 0) is 4.79 Å². The lowest BCUT2D eigenvalue weighted by Gasteiger charge is -2.19. The molecule has 0 aromatic carbocycles. The monoisotopic (exact) mass is 171 g/mol. The second-order valence-corrected chi connectivity index (χ2v) is 3.60. The molecule has 3 nitrogen and oxygen atoms in total. The summed E-state index contributed by atoms with van der Waals surface area (Å²) in [6, 6.07) is 0.364. The lowest BCUT2D eigenvalue weighted by Crippen LogP contribution is -2.33. The topological polar surface area (TPSA) is 49.3 Å². The molecule has 2 atom stereocenters. The minimum Gasteiger partial charge on any atom is -0.481 e. The summed E-state index contributed by atoms with van der Waals surface area (Å²) in [6.45, 7) is 3.12. The summed E-state index contributed by atoms with van der Waals surface area (Å²) in [4.78, 5) is 10.5. The summed E-state index contributed by atoms with van der Waals surface area (Å²) in [5.74, 6) is -0.347. The fourth-order valence-corrected chi connectivity index (χ4v) is 1.78. The fraction of sp³-hybridized carbons (Fsp3) is 0.889. The molecule has 1 rings (SSSR count). The minimum absolute atomic E-state index is 0.314. The van der Waals surface area contributed by atoms with Gasteiger partial charge in [0.1, 0.15) is 0 Å². The van der Waals surface area contributed by atoms with Crippen molar-refractivity contribution in [2.75, 3.05) is 6.54 Å². The molecule has 1 saturated heterocycles. The maximum atomic E-state index is 10.5. The number of carboxylic acid groups (broad SMARTS) is 1. The van der Waals surface area contributed by atoms with Gasteiger partial charge in [-0.2, -0.15) is 0 Å². The summed E-state index contributed by atoms with van der Waals surface area (Å²) in [5, 5.41) is 12.0. The highest BCUT2D eigenvalue weighted by Crippen LogP contribution is 2.19. The molecule has 0 unspecified atom stereocenters. The molecule has 1 aliphatic heterocycles. The Morgan fingerprint density at radius 2 is 2.33 bits per heavy atom. The smallest absolute Gasteiger partial charge is 0.303 e. The van der Waals surface area contributed by atoms with E-state index in [2.05, 4.69) is 12.2 Å². The van der Waals surface area contributed by atoms with Crippen molar-refractivity contribution in [3.63, 3.8) is 0 Å². The molecule has 0 bridgehead atoms. The Morgan fingerprint density at radius 1 is 1.58 bits per heavy atom. The van der Waals surface area contributed by atoms with Gasteiger partial charge in [-0.3, -0.25) is 4.79 Å². The summed E-state index contributed by atoms with van der Waals surface area (Å²) in [5.41, 5.74) is 0. The van der Waals surface area contributed by atoms with Crippen LogP contribution in [-0.4, -0.2) is 23.7 Å². The van der Waals surface area contributed by atoms with Gasteiger partial charge in [-0.1, -0.05) is 6.42 Å². The Hall–Kier alpha value is -0.570. The van der Waals surface area contributed by atoms with Gasteiger partial charge in [0.15, 0.2) is 0 Å². The molecule has 1 heterocycles. The van der Waals surface area contributed by atoms with Crippen LogP contribution in [0.2, 0.25) is 0 Å². The quantitative estimate of drug-likeness (QED) is 0.657. The molecular formula is C9H17NO2. The van der Waals surface area contributed by atoms with Crippen LogP contribution in [0.4, 0.5) is 0 Å². The average molecular weight is 171 g/mol. The molecule has 70 valence electrons. The third-order valence-corrected chi connectivity index (χ3v) is 2.61. The van der Waals surface area contributed by atoms with Gasteiger partial charge in [-0.25, -0.2) is 0 Å². The van der Waals surface area contributed by atoms with E-state index in [1.807, 2.05) is 0 Å². The van der Waals surface area contributed by atoms with E-state index < -0.39 is 5.97 Å². The zero-order chi connectivity index (χ0) is 8.97. The minimum atomic E-state index is -0.671. The Balaban J connectivity index is 2.41. The van der Waals surface area contributed by atoms with Gasteiger partial charge < -0.3 is 10.4 Å². The molecule has 1 fully saturated rings. The molecule has 3 heteroatoms. The normalized spacial score (nSPS) is 31.1. The highest BCUT2D eigenvalue weighted by atomic mass is 16.4. The number of aliphatic carboxylic acids is 1. The van der Waals surface area contributed by atoms with Crippen molar-refractivity contribution in [2.24, 2.45) is 5.92 Å². The van der Waals surface area contributed by atoms with E-state index in [1.165, 1.54) is 6.42 Å². The second-order valence-electron chi connectivity index (χ2n) is 3.60. The van der Waals surface area contributed by atoms with Gasteiger partial charge in [-0.15, -0.1) is 0 Å². The molecule has 12 heavy (non-hydrogen) atoms. The molecular weight excluding hydrogens is 154 g/mol. The van der Waals surface area contributed by atoms with Crippen molar-refractivity contribution in [1.29, 1.82) is 0 Å². The van der Waals surface area contributed by atoms with Gasteiger partial charge in [0, 0.05) is 12.5 Å². The first-order valence-electron chi connectivity index (χ1n) is 4.65. The SMILES string of the molecule is C[C@H]1NCCCC[C@@H]1CC(=O)O. The van der Waals surface area contributed by atoms with E-state index in [4.69, 9.17) is 5.11 Å². The lowest BCUT2D eigenvalue weighted by atomic mass is 9.93. The summed E-state index contributed by atoms with van der Waals surface area (Å²) in [7, 11) is 0. The predicted octanol–water partition coefficient (Wildman–Crippen LogP) is 1.24. The van der Waals surface area contributed by atoms with Crippen LogP contribution in [0.3, 0.4) is 0 Å². The number of hydrogen-bond acceptors (Lipinski definition) is 2. The van der Waals surface area contributed by atoms with Gasteiger partial charge >= 0.3 is 5.97 Å². The summed E-state index contributed by atoms with van der Waals surface area (Å²) >= 11 is 0. The Bertz CT molecular complexity index is 159.